The number of aliphatic hydroxyl groups is 1. The number of fused-ring (bicyclic) bond motifs is 3. The molecule has 3 aromatic rings. The average Bonchev–Trinajstić information content (AvgIpc) is 3.09. The average molecular weight is 388 g/mol. The third-order valence-corrected chi connectivity index (χ3v) is 5.37. The summed E-state index contributed by atoms with van der Waals surface area (Å²) in [5.74, 6) is 0.0300. The summed E-state index contributed by atoms with van der Waals surface area (Å²) in [6.07, 6.45) is 4.17. The summed E-state index contributed by atoms with van der Waals surface area (Å²) < 4.78 is 5.64. The van der Waals surface area contributed by atoms with Crippen LogP contribution in [-0.4, -0.2) is 29.4 Å². The van der Waals surface area contributed by atoms with Gasteiger partial charge in [0.25, 0.3) is 0 Å². The lowest BCUT2D eigenvalue weighted by Crippen LogP contribution is -2.30. The van der Waals surface area contributed by atoms with Crippen LogP contribution in [0.2, 0.25) is 0 Å². The molecule has 0 aliphatic heterocycles. The van der Waals surface area contributed by atoms with E-state index in [2.05, 4.69) is 34.6 Å². The predicted octanol–water partition coefficient (Wildman–Crippen LogP) is 4.43. The van der Waals surface area contributed by atoms with Gasteiger partial charge in [-0.05, 0) is 46.7 Å². The van der Waals surface area contributed by atoms with Gasteiger partial charge < -0.3 is 15.2 Å². The SMILES string of the molecule is O=C(NC(CCCO)c1cccnc1)OCC1c2ccccc2-c2ccccc21. The van der Waals surface area contributed by atoms with Crippen molar-refractivity contribution in [2.24, 2.45) is 0 Å². The Balaban J connectivity index is 1.45. The number of carbonyl (C=O) groups is 1. The second-order valence-electron chi connectivity index (χ2n) is 7.17. The van der Waals surface area contributed by atoms with E-state index in [1.54, 1.807) is 12.4 Å². The van der Waals surface area contributed by atoms with E-state index in [4.69, 9.17) is 9.84 Å². The van der Waals surface area contributed by atoms with Crippen molar-refractivity contribution in [3.05, 3.63) is 89.7 Å². The minimum atomic E-state index is -0.460. The number of pyridine rings is 1. The van der Waals surface area contributed by atoms with Gasteiger partial charge in [0, 0.05) is 24.9 Å². The highest BCUT2D eigenvalue weighted by molar-refractivity contribution is 5.79. The molecule has 148 valence electrons. The minimum absolute atomic E-state index is 0.0300. The zero-order chi connectivity index (χ0) is 20.1. The van der Waals surface area contributed by atoms with Crippen LogP contribution in [0.25, 0.3) is 11.1 Å². The smallest absolute Gasteiger partial charge is 0.407 e. The van der Waals surface area contributed by atoms with Crippen LogP contribution in [0.4, 0.5) is 4.79 Å². The molecule has 1 aliphatic carbocycles. The Morgan fingerprint density at radius 2 is 1.72 bits per heavy atom. The van der Waals surface area contributed by atoms with E-state index in [1.807, 2.05) is 36.4 Å². The molecule has 0 spiro atoms. The molecule has 4 rings (SSSR count). The first-order chi connectivity index (χ1) is 14.3. The van der Waals surface area contributed by atoms with E-state index < -0.39 is 6.09 Å². The van der Waals surface area contributed by atoms with Crippen molar-refractivity contribution < 1.29 is 14.6 Å². The van der Waals surface area contributed by atoms with E-state index in [9.17, 15) is 4.79 Å². The molecule has 1 amide bonds. The molecule has 0 radical (unpaired) electrons. The standard InChI is InChI=1S/C24H24N2O3/c27-14-6-12-23(17-7-5-13-25-15-17)26-24(28)29-16-22-20-10-3-1-8-18(20)19-9-2-4-11-21(19)22/h1-5,7-11,13,15,22-23,27H,6,12,14,16H2,(H,26,28). The molecule has 5 nitrogen and oxygen atoms in total. The van der Waals surface area contributed by atoms with Crippen LogP contribution in [0, 0.1) is 0 Å². The second kappa shape index (κ2) is 8.88. The molecule has 5 heteroatoms. The fourth-order valence-electron chi connectivity index (χ4n) is 3.98. The maximum atomic E-state index is 12.6. The molecular formula is C24H24N2O3. The number of rotatable bonds is 7. The van der Waals surface area contributed by atoms with Gasteiger partial charge in [-0.15, -0.1) is 0 Å². The first-order valence-electron chi connectivity index (χ1n) is 9.90. The minimum Gasteiger partial charge on any atom is -0.449 e. The fraction of sp³-hybridized carbons (Fsp3) is 0.250. The van der Waals surface area contributed by atoms with Crippen LogP contribution in [0.15, 0.2) is 73.1 Å². The number of aromatic nitrogens is 1. The van der Waals surface area contributed by atoms with Crippen LogP contribution in [-0.2, 0) is 4.74 Å². The number of amides is 1. The molecule has 0 bridgehead atoms. The van der Waals surface area contributed by atoms with E-state index in [1.165, 1.54) is 22.3 Å². The number of alkyl carbamates (subject to hydrolysis) is 1. The molecule has 2 N–H and O–H groups in total. The number of carbonyl (C=O) groups excluding carboxylic acids is 1. The highest BCUT2D eigenvalue weighted by Gasteiger charge is 2.29. The van der Waals surface area contributed by atoms with Crippen molar-refractivity contribution in [1.82, 2.24) is 10.3 Å². The van der Waals surface area contributed by atoms with Gasteiger partial charge in [0.1, 0.15) is 6.61 Å². The highest BCUT2D eigenvalue weighted by Crippen LogP contribution is 2.44. The Morgan fingerprint density at radius 3 is 2.34 bits per heavy atom. The summed E-state index contributed by atoms with van der Waals surface area (Å²) in [5, 5.41) is 12.1. The third-order valence-electron chi connectivity index (χ3n) is 5.37. The Morgan fingerprint density at radius 1 is 1.03 bits per heavy atom. The van der Waals surface area contributed by atoms with Crippen molar-refractivity contribution in [1.29, 1.82) is 0 Å². The van der Waals surface area contributed by atoms with Crippen LogP contribution in [0.5, 0.6) is 0 Å². The first kappa shape index (κ1) is 19.2. The number of nitrogens with zero attached hydrogens (tertiary/aromatic N) is 1. The molecule has 29 heavy (non-hydrogen) atoms. The molecule has 1 aromatic heterocycles. The summed E-state index contributed by atoms with van der Waals surface area (Å²) >= 11 is 0. The molecule has 1 heterocycles. The molecule has 1 aliphatic rings. The molecular weight excluding hydrogens is 364 g/mol. The maximum Gasteiger partial charge on any atom is 0.407 e. The first-order valence-corrected chi connectivity index (χ1v) is 9.90. The Hall–Kier alpha value is -3.18. The predicted molar refractivity (Wildman–Crippen MR) is 112 cm³/mol. The third kappa shape index (κ3) is 4.15. The van der Waals surface area contributed by atoms with Gasteiger partial charge in [0.2, 0.25) is 0 Å². The summed E-state index contributed by atoms with van der Waals surface area (Å²) in [5.41, 5.74) is 5.67. The molecule has 1 unspecified atom stereocenters. The lowest BCUT2D eigenvalue weighted by Gasteiger charge is -2.20. The van der Waals surface area contributed by atoms with Crippen molar-refractivity contribution in [2.45, 2.75) is 24.8 Å². The van der Waals surface area contributed by atoms with Crippen molar-refractivity contribution in [2.75, 3.05) is 13.2 Å². The summed E-state index contributed by atoms with van der Waals surface area (Å²) in [4.78, 5) is 16.7. The zero-order valence-corrected chi connectivity index (χ0v) is 16.1. The largest absolute Gasteiger partial charge is 0.449 e. The van der Waals surface area contributed by atoms with Gasteiger partial charge >= 0.3 is 6.09 Å². The number of aliphatic hydroxyl groups excluding tert-OH is 1. The highest BCUT2D eigenvalue weighted by atomic mass is 16.5. The molecule has 1 atom stereocenters. The van der Waals surface area contributed by atoms with Crippen LogP contribution in [0.3, 0.4) is 0 Å². The van der Waals surface area contributed by atoms with E-state index in [0.717, 1.165) is 5.56 Å². The maximum absolute atomic E-state index is 12.6. The molecule has 0 saturated carbocycles. The molecule has 2 aromatic carbocycles. The lowest BCUT2D eigenvalue weighted by molar-refractivity contribution is 0.137. The number of nitrogens with one attached hydrogen (secondary N) is 1. The van der Waals surface area contributed by atoms with E-state index >= 15 is 0 Å². The molecule has 0 fully saturated rings. The zero-order valence-electron chi connectivity index (χ0n) is 16.1. The van der Waals surface area contributed by atoms with Gasteiger partial charge in [-0.25, -0.2) is 4.79 Å². The van der Waals surface area contributed by atoms with Crippen molar-refractivity contribution in [3.63, 3.8) is 0 Å². The number of hydrogen-bond acceptors (Lipinski definition) is 4. The van der Waals surface area contributed by atoms with Gasteiger partial charge in [0.15, 0.2) is 0 Å². The van der Waals surface area contributed by atoms with Crippen LogP contribution >= 0.6 is 0 Å². The van der Waals surface area contributed by atoms with E-state index in [-0.39, 0.29) is 25.2 Å². The lowest BCUT2D eigenvalue weighted by atomic mass is 9.98. The van der Waals surface area contributed by atoms with E-state index in [0.29, 0.717) is 12.8 Å². The normalized spacial score (nSPS) is 13.4. The summed E-state index contributed by atoms with van der Waals surface area (Å²) in [6.45, 7) is 0.350. The Labute approximate surface area is 170 Å². The topological polar surface area (TPSA) is 71.5 Å². The number of benzene rings is 2. The van der Waals surface area contributed by atoms with Crippen molar-refractivity contribution in [3.8, 4) is 11.1 Å². The van der Waals surface area contributed by atoms with Gasteiger partial charge in [-0.3, -0.25) is 4.98 Å². The van der Waals surface area contributed by atoms with Crippen LogP contribution in [0.1, 0.15) is 41.5 Å². The van der Waals surface area contributed by atoms with Crippen LogP contribution < -0.4 is 5.32 Å². The fourth-order valence-corrected chi connectivity index (χ4v) is 3.98. The Bertz CT molecular complexity index is 929. The molecule has 0 saturated heterocycles. The summed E-state index contributed by atoms with van der Waals surface area (Å²) in [6, 6.07) is 20.0. The van der Waals surface area contributed by atoms with Gasteiger partial charge in [-0.2, -0.15) is 0 Å². The van der Waals surface area contributed by atoms with Crippen molar-refractivity contribution >= 4 is 6.09 Å². The Kier molecular flexibility index (Phi) is 5.86. The number of ether oxygens (including phenoxy) is 1. The van der Waals surface area contributed by atoms with Gasteiger partial charge in [0.05, 0.1) is 6.04 Å². The monoisotopic (exact) mass is 388 g/mol. The summed E-state index contributed by atoms with van der Waals surface area (Å²) in [7, 11) is 0. The second-order valence-corrected chi connectivity index (χ2v) is 7.17. The quantitative estimate of drug-likeness (QED) is 0.628. The number of hydrogen-bond donors (Lipinski definition) is 2. The van der Waals surface area contributed by atoms with Gasteiger partial charge in [-0.1, -0.05) is 54.6 Å².